The molecular formula is C16H21NO6. The highest BCUT2D eigenvalue weighted by Gasteiger charge is 2.22. The molecule has 0 spiro atoms. The molecule has 23 heavy (non-hydrogen) atoms. The zero-order valence-electron chi connectivity index (χ0n) is 13.2. The number of carbonyl (C=O) groups excluding carboxylic acids is 2. The lowest BCUT2D eigenvalue weighted by atomic mass is 10.0. The molecule has 1 aromatic carbocycles. The molecule has 1 aromatic rings. The minimum absolute atomic E-state index is 0.0827. The Morgan fingerprint density at radius 3 is 2.52 bits per heavy atom. The molecule has 0 aliphatic carbocycles. The van der Waals surface area contributed by atoms with Crippen molar-refractivity contribution in [1.29, 1.82) is 0 Å². The normalized spacial score (nSPS) is 11.4. The van der Waals surface area contributed by atoms with Gasteiger partial charge in [0.2, 0.25) is 5.91 Å². The van der Waals surface area contributed by atoms with Crippen molar-refractivity contribution < 1.29 is 29.0 Å². The van der Waals surface area contributed by atoms with Crippen molar-refractivity contribution in [2.24, 2.45) is 0 Å². The van der Waals surface area contributed by atoms with Crippen molar-refractivity contribution in [3.8, 4) is 5.75 Å². The fourth-order valence-electron chi connectivity index (χ4n) is 2.01. The summed E-state index contributed by atoms with van der Waals surface area (Å²) in [5.41, 5.74) is 0.674. The van der Waals surface area contributed by atoms with Gasteiger partial charge in [-0.05, 0) is 18.6 Å². The molecule has 0 saturated heterocycles. The number of para-hydroxylation sites is 1. The van der Waals surface area contributed by atoms with E-state index in [1.54, 1.807) is 31.2 Å². The molecule has 0 aliphatic rings. The Bertz CT molecular complexity index is 557. The molecule has 0 bridgehead atoms. The monoisotopic (exact) mass is 323 g/mol. The number of ether oxygens (including phenoxy) is 2. The number of nitrogens with one attached hydrogen (secondary N) is 1. The van der Waals surface area contributed by atoms with Crippen molar-refractivity contribution >= 4 is 17.8 Å². The van der Waals surface area contributed by atoms with E-state index in [1.807, 2.05) is 0 Å². The molecule has 0 heterocycles. The van der Waals surface area contributed by atoms with E-state index in [1.165, 1.54) is 7.11 Å². The summed E-state index contributed by atoms with van der Waals surface area (Å²) in [6.07, 6.45) is -0.111. The van der Waals surface area contributed by atoms with Crippen molar-refractivity contribution in [1.82, 2.24) is 5.32 Å². The van der Waals surface area contributed by atoms with Crippen molar-refractivity contribution in [3.63, 3.8) is 0 Å². The first-order chi connectivity index (χ1) is 11.0. The molecular weight excluding hydrogens is 302 g/mol. The smallest absolute Gasteiger partial charge is 0.326 e. The van der Waals surface area contributed by atoms with Crippen LogP contribution in [0.15, 0.2) is 24.3 Å². The van der Waals surface area contributed by atoms with E-state index in [0.717, 1.165) is 0 Å². The molecule has 0 unspecified atom stereocenters. The number of hydrogen-bond acceptors (Lipinski definition) is 5. The van der Waals surface area contributed by atoms with E-state index >= 15 is 0 Å². The van der Waals surface area contributed by atoms with Crippen LogP contribution in [0.1, 0.15) is 25.3 Å². The molecule has 0 saturated carbocycles. The van der Waals surface area contributed by atoms with E-state index in [2.05, 4.69) is 5.32 Å². The van der Waals surface area contributed by atoms with Gasteiger partial charge in [0.1, 0.15) is 11.8 Å². The van der Waals surface area contributed by atoms with Crippen molar-refractivity contribution in [3.05, 3.63) is 29.8 Å². The van der Waals surface area contributed by atoms with Gasteiger partial charge >= 0.3 is 11.9 Å². The molecule has 7 heteroatoms. The molecule has 1 atom stereocenters. The zero-order chi connectivity index (χ0) is 17.2. The van der Waals surface area contributed by atoms with E-state index in [9.17, 15) is 19.5 Å². The predicted octanol–water partition coefficient (Wildman–Crippen LogP) is 1.15. The van der Waals surface area contributed by atoms with Crippen LogP contribution in [0, 0.1) is 0 Å². The predicted molar refractivity (Wildman–Crippen MR) is 82.1 cm³/mol. The van der Waals surface area contributed by atoms with Crippen molar-refractivity contribution in [2.45, 2.75) is 32.2 Å². The Morgan fingerprint density at radius 1 is 1.22 bits per heavy atom. The topological polar surface area (TPSA) is 102 Å². The van der Waals surface area contributed by atoms with Gasteiger partial charge in [-0.25, -0.2) is 4.79 Å². The average molecular weight is 323 g/mol. The average Bonchev–Trinajstić information content (AvgIpc) is 2.53. The maximum absolute atomic E-state index is 11.8. The molecule has 0 aliphatic heterocycles. The Balaban J connectivity index is 2.63. The van der Waals surface area contributed by atoms with E-state index in [0.29, 0.717) is 11.3 Å². The first kappa shape index (κ1) is 18.5. The number of amides is 1. The maximum Gasteiger partial charge on any atom is 0.326 e. The second-order valence-electron chi connectivity index (χ2n) is 4.78. The third-order valence-corrected chi connectivity index (χ3v) is 3.11. The Hall–Kier alpha value is -2.57. The number of carboxylic acid groups (broad SMARTS) is 1. The molecule has 1 amide bonds. The SMILES string of the molecule is CCOC(=O)CCC(=O)N[C@H](Cc1ccccc1OC)C(=O)O. The summed E-state index contributed by atoms with van der Waals surface area (Å²) in [7, 11) is 1.49. The van der Waals surface area contributed by atoms with E-state index in [-0.39, 0.29) is 25.9 Å². The van der Waals surface area contributed by atoms with Crippen LogP contribution >= 0.6 is 0 Å². The molecule has 0 aromatic heterocycles. The van der Waals surface area contributed by atoms with Crippen LogP contribution in [0.2, 0.25) is 0 Å². The highest BCUT2D eigenvalue weighted by atomic mass is 16.5. The summed E-state index contributed by atoms with van der Waals surface area (Å²) >= 11 is 0. The first-order valence-corrected chi connectivity index (χ1v) is 7.27. The third kappa shape index (κ3) is 6.37. The summed E-state index contributed by atoms with van der Waals surface area (Å²) in [6, 6.07) is 5.90. The van der Waals surface area contributed by atoms with Crippen LogP contribution in [0.25, 0.3) is 0 Å². The lowest BCUT2D eigenvalue weighted by molar-refractivity contribution is -0.144. The quantitative estimate of drug-likeness (QED) is 0.661. The van der Waals surface area contributed by atoms with E-state index in [4.69, 9.17) is 9.47 Å². The van der Waals surface area contributed by atoms with Gasteiger partial charge in [0, 0.05) is 12.8 Å². The molecule has 126 valence electrons. The van der Waals surface area contributed by atoms with Gasteiger partial charge in [-0.2, -0.15) is 0 Å². The zero-order valence-corrected chi connectivity index (χ0v) is 13.2. The van der Waals surface area contributed by atoms with Gasteiger partial charge in [-0.3, -0.25) is 9.59 Å². The second-order valence-corrected chi connectivity index (χ2v) is 4.78. The number of esters is 1. The Kier molecular flexibility index (Phi) is 7.59. The van der Waals surface area contributed by atoms with E-state index < -0.39 is 23.9 Å². The van der Waals surface area contributed by atoms with Crippen LogP contribution in [-0.4, -0.2) is 42.7 Å². The number of carboxylic acids is 1. The maximum atomic E-state index is 11.8. The van der Waals surface area contributed by atoms with Crippen LogP contribution in [0.3, 0.4) is 0 Å². The Labute approximate surface area is 134 Å². The molecule has 0 fully saturated rings. The van der Waals surface area contributed by atoms with Crippen LogP contribution in [0.4, 0.5) is 0 Å². The summed E-state index contributed by atoms with van der Waals surface area (Å²) in [5, 5.41) is 11.7. The third-order valence-electron chi connectivity index (χ3n) is 3.11. The second kappa shape index (κ2) is 9.45. The summed E-state index contributed by atoms with van der Waals surface area (Å²) < 4.78 is 9.89. The van der Waals surface area contributed by atoms with Crippen molar-refractivity contribution in [2.75, 3.05) is 13.7 Å². The highest BCUT2D eigenvalue weighted by molar-refractivity contribution is 5.86. The largest absolute Gasteiger partial charge is 0.496 e. The number of methoxy groups -OCH3 is 1. The number of aliphatic carboxylic acids is 1. The van der Waals surface area contributed by atoms with Gasteiger partial charge in [0.25, 0.3) is 0 Å². The minimum Gasteiger partial charge on any atom is -0.496 e. The van der Waals surface area contributed by atoms with Gasteiger partial charge in [0.05, 0.1) is 20.1 Å². The molecule has 0 radical (unpaired) electrons. The minimum atomic E-state index is -1.15. The van der Waals surface area contributed by atoms with Gasteiger partial charge in [0.15, 0.2) is 0 Å². The molecule has 2 N–H and O–H groups in total. The molecule has 1 rings (SSSR count). The fraction of sp³-hybridized carbons (Fsp3) is 0.438. The highest BCUT2D eigenvalue weighted by Crippen LogP contribution is 2.19. The van der Waals surface area contributed by atoms with Gasteiger partial charge in [-0.15, -0.1) is 0 Å². The fourth-order valence-corrected chi connectivity index (χ4v) is 2.01. The lowest BCUT2D eigenvalue weighted by Crippen LogP contribution is -2.42. The lowest BCUT2D eigenvalue weighted by Gasteiger charge is -2.16. The summed E-state index contributed by atoms with van der Waals surface area (Å²) in [4.78, 5) is 34.3. The number of carbonyl (C=O) groups is 3. The number of rotatable bonds is 9. The van der Waals surface area contributed by atoms with Crippen LogP contribution < -0.4 is 10.1 Å². The molecule has 7 nitrogen and oxygen atoms in total. The summed E-state index contributed by atoms with van der Waals surface area (Å²) in [6.45, 7) is 1.91. The Morgan fingerprint density at radius 2 is 1.91 bits per heavy atom. The van der Waals surface area contributed by atoms with Gasteiger partial charge in [-0.1, -0.05) is 18.2 Å². The standard InChI is InChI=1S/C16H21NO6/c1-3-23-15(19)9-8-14(18)17-12(16(20)21)10-11-6-4-5-7-13(11)22-2/h4-7,12H,3,8-10H2,1-2H3,(H,17,18)(H,20,21)/t12-/m1/s1. The first-order valence-electron chi connectivity index (χ1n) is 7.27. The number of benzene rings is 1. The van der Waals surface area contributed by atoms with Crippen LogP contribution in [0.5, 0.6) is 5.75 Å². The summed E-state index contributed by atoms with van der Waals surface area (Å²) in [5.74, 6) is -1.60. The van der Waals surface area contributed by atoms with Crippen LogP contribution in [-0.2, 0) is 25.5 Å². The van der Waals surface area contributed by atoms with Gasteiger partial charge < -0.3 is 19.9 Å². The number of hydrogen-bond donors (Lipinski definition) is 2.